The summed E-state index contributed by atoms with van der Waals surface area (Å²) in [4.78, 5) is 0. The van der Waals surface area contributed by atoms with Gasteiger partial charge in [0.2, 0.25) is 0 Å². The third-order valence-corrected chi connectivity index (χ3v) is 3.45. The van der Waals surface area contributed by atoms with Crippen molar-refractivity contribution in [3.05, 3.63) is 58.7 Å². The predicted octanol–water partition coefficient (Wildman–Crippen LogP) is 3.58. The second kappa shape index (κ2) is 7.27. The Kier molecular flexibility index (Phi) is 5.39. The van der Waals surface area contributed by atoms with Crippen LogP contribution in [-0.4, -0.2) is 16.7 Å². The second-order valence-electron chi connectivity index (χ2n) is 5.18. The predicted molar refractivity (Wildman–Crippen MR) is 82.7 cm³/mol. The molecule has 0 bridgehead atoms. The van der Waals surface area contributed by atoms with E-state index in [1.807, 2.05) is 19.1 Å². The zero-order chi connectivity index (χ0) is 15.2. The van der Waals surface area contributed by atoms with E-state index in [-0.39, 0.29) is 11.9 Å². The van der Waals surface area contributed by atoms with Crippen molar-refractivity contribution < 1.29 is 4.39 Å². The maximum atomic E-state index is 13.6. The van der Waals surface area contributed by atoms with Gasteiger partial charge in [0.05, 0.1) is 17.4 Å². The van der Waals surface area contributed by atoms with E-state index in [4.69, 9.17) is 0 Å². The van der Waals surface area contributed by atoms with Crippen LogP contribution in [0.1, 0.15) is 48.8 Å². The number of nitrogens with one attached hydrogen (secondary N) is 1. The van der Waals surface area contributed by atoms with E-state index in [1.165, 1.54) is 6.07 Å². The second-order valence-corrected chi connectivity index (χ2v) is 5.18. The fourth-order valence-corrected chi connectivity index (χ4v) is 2.44. The topological polar surface area (TPSA) is 37.8 Å². The molecule has 4 heteroatoms. The standard InChI is InChI=1S/C17H22FN3/c1-4-9-19-17(13-7-6-8-14(18)11-13)15-10-12(3)20-21-16(15)5-2/h6-8,10-11,17,19H,4-5,9H2,1-3H3. The molecule has 1 unspecified atom stereocenters. The van der Waals surface area contributed by atoms with E-state index < -0.39 is 0 Å². The van der Waals surface area contributed by atoms with Crippen LogP contribution < -0.4 is 5.32 Å². The van der Waals surface area contributed by atoms with Crippen molar-refractivity contribution in [3.63, 3.8) is 0 Å². The molecule has 0 saturated carbocycles. The SMILES string of the molecule is CCCNC(c1cccc(F)c1)c1cc(C)nnc1CC. The Morgan fingerprint density at radius 1 is 1.19 bits per heavy atom. The fraction of sp³-hybridized carbons (Fsp3) is 0.412. The summed E-state index contributed by atoms with van der Waals surface area (Å²) in [6.45, 7) is 6.97. The molecule has 1 aromatic carbocycles. The average molecular weight is 287 g/mol. The first kappa shape index (κ1) is 15.6. The van der Waals surface area contributed by atoms with Gasteiger partial charge in [-0.3, -0.25) is 0 Å². The van der Waals surface area contributed by atoms with Crippen LogP contribution in [0.25, 0.3) is 0 Å². The van der Waals surface area contributed by atoms with E-state index in [2.05, 4.69) is 29.4 Å². The minimum atomic E-state index is -0.215. The summed E-state index contributed by atoms with van der Waals surface area (Å²) < 4.78 is 13.6. The molecule has 0 aliphatic rings. The first-order valence-electron chi connectivity index (χ1n) is 7.47. The summed E-state index contributed by atoms with van der Waals surface area (Å²) in [5, 5.41) is 11.9. The molecule has 0 spiro atoms. The van der Waals surface area contributed by atoms with Crippen LogP contribution in [0.2, 0.25) is 0 Å². The maximum Gasteiger partial charge on any atom is 0.123 e. The van der Waals surface area contributed by atoms with Crippen LogP contribution in [0.5, 0.6) is 0 Å². The van der Waals surface area contributed by atoms with Crippen molar-refractivity contribution in [2.75, 3.05) is 6.54 Å². The first-order valence-corrected chi connectivity index (χ1v) is 7.47. The molecule has 112 valence electrons. The molecule has 0 amide bonds. The van der Waals surface area contributed by atoms with Gasteiger partial charge in [-0.1, -0.05) is 26.0 Å². The van der Waals surface area contributed by atoms with Crippen LogP contribution in [-0.2, 0) is 6.42 Å². The van der Waals surface area contributed by atoms with Gasteiger partial charge in [-0.2, -0.15) is 10.2 Å². The summed E-state index contributed by atoms with van der Waals surface area (Å²) in [7, 11) is 0. The molecule has 3 nitrogen and oxygen atoms in total. The summed E-state index contributed by atoms with van der Waals surface area (Å²) in [6.07, 6.45) is 1.83. The highest BCUT2D eigenvalue weighted by Crippen LogP contribution is 2.25. The highest BCUT2D eigenvalue weighted by atomic mass is 19.1. The monoisotopic (exact) mass is 287 g/mol. The number of nitrogens with zero attached hydrogens (tertiary/aromatic N) is 2. The van der Waals surface area contributed by atoms with E-state index >= 15 is 0 Å². The molecule has 1 heterocycles. The molecule has 0 radical (unpaired) electrons. The Morgan fingerprint density at radius 2 is 2.00 bits per heavy atom. The molecule has 0 fully saturated rings. The Labute approximate surface area is 125 Å². The quantitative estimate of drug-likeness (QED) is 0.882. The third kappa shape index (κ3) is 3.85. The highest BCUT2D eigenvalue weighted by Gasteiger charge is 2.18. The number of hydrogen-bond acceptors (Lipinski definition) is 3. The molecule has 1 atom stereocenters. The lowest BCUT2D eigenvalue weighted by molar-refractivity contribution is 0.578. The zero-order valence-electron chi connectivity index (χ0n) is 12.9. The molecule has 1 N–H and O–H groups in total. The van der Waals surface area contributed by atoms with Crippen molar-refractivity contribution in [2.24, 2.45) is 0 Å². The number of aryl methyl sites for hydroxylation is 2. The van der Waals surface area contributed by atoms with Crippen LogP contribution >= 0.6 is 0 Å². The molecule has 2 aromatic rings. The van der Waals surface area contributed by atoms with Gasteiger partial charge in [-0.25, -0.2) is 4.39 Å². The van der Waals surface area contributed by atoms with Gasteiger partial charge in [0.1, 0.15) is 5.82 Å². The largest absolute Gasteiger partial charge is 0.306 e. The molecular formula is C17H22FN3. The lowest BCUT2D eigenvalue weighted by Gasteiger charge is -2.21. The third-order valence-electron chi connectivity index (χ3n) is 3.45. The smallest absolute Gasteiger partial charge is 0.123 e. The van der Waals surface area contributed by atoms with Crippen molar-refractivity contribution in [2.45, 2.75) is 39.7 Å². The van der Waals surface area contributed by atoms with Gasteiger partial charge in [-0.15, -0.1) is 0 Å². The molecule has 1 aromatic heterocycles. The Balaban J connectivity index is 2.47. The summed E-state index contributed by atoms with van der Waals surface area (Å²) >= 11 is 0. The fourth-order valence-electron chi connectivity index (χ4n) is 2.44. The highest BCUT2D eigenvalue weighted by molar-refractivity contribution is 5.35. The molecule has 2 rings (SSSR count). The number of hydrogen-bond donors (Lipinski definition) is 1. The van der Waals surface area contributed by atoms with Crippen LogP contribution in [0.4, 0.5) is 4.39 Å². The zero-order valence-corrected chi connectivity index (χ0v) is 12.9. The van der Waals surface area contributed by atoms with Gasteiger partial charge in [-0.05, 0) is 55.6 Å². The Hall–Kier alpha value is -1.81. The Morgan fingerprint density at radius 3 is 2.67 bits per heavy atom. The lowest BCUT2D eigenvalue weighted by atomic mass is 9.96. The van der Waals surface area contributed by atoms with E-state index in [0.29, 0.717) is 0 Å². The number of aromatic nitrogens is 2. The van der Waals surface area contributed by atoms with Gasteiger partial charge in [0.25, 0.3) is 0 Å². The summed E-state index contributed by atoms with van der Waals surface area (Å²) in [5.74, 6) is -0.215. The summed E-state index contributed by atoms with van der Waals surface area (Å²) in [6, 6.07) is 8.75. The number of rotatable bonds is 6. The van der Waals surface area contributed by atoms with Gasteiger partial charge in [0, 0.05) is 0 Å². The van der Waals surface area contributed by atoms with Crippen molar-refractivity contribution in [1.82, 2.24) is 15.5 Å². The van der Waals surface area contributed by atoms with E-state index in [0.717, 1.165) is 41.9 Å². The molecular weight excluding hydrogens is 265 g/mol. The minimum absolute atomic E-state index is 0.0511. The van der Waals surface area contributed by atoms with Crippen molar-refractivity contribution in [1.29, 1.82) is 0 Å². The maximum absolute atomic E-state index is 13.6. The normalized spacial score (nSPS) is 12.4. The Bertz CT molecular complexity index is 598. The average Bonchev–Trinajstić information content (AvgIpc) is 2.48. The molecule has 0 aliphatic heterocycles. The number of halogens is 1. The molecule has 21 heavy (non-hydrogen) atoms. The van der Waals surface area contributed by atoms with Crippen LogP contribution in [0, 0.1) is 12.7 Å². The lowest BCUT2D eigenvalue weighted by Crippen LogP contribution is -2.25. The van der Waals surface area contributed by atoms with Crippen LogP contribution in [0.3, 0.4) is 0 Å². The first-order chi connectivity index (χ1) is 10.2. The number of benzene rings is 1. The van der Waals surface area contributed by atoms with Crippen molar-refractivity contribution in [3.8, 4) is 0 Å². The molecule has 0 saturated heterocycles. The van der Waals surface area contributed by atoms with Crippen molar-refractivity contribution >= 4 is 0 Å². The van der Waals surface area contributed by atoms with E-state index in [1.54, 1.807) is 12.1 Å². The van der Waals surface area contributed by atoms with E-state index in [9.17, 15) is 4.39 Å². The molecule has 0 aliphatic carbocycles. The van der Waals surface area contributed by atoms with Gasteiger partial charge in [0.15, 0.2) is 0 Å². The van der Waals surface area contributed by atoms with Gasteiger partial charge < -0.3 is 5.32 Å². The summed E-state index contributed by atoms with van der Waals surface area (Å²) in [5.41, 5.74) is 3.84. The minimum Gasteiger partial charge on any atom is -0.306 e. The van der Waals surface area contributed by atoms with Gasteiger partial charge >= 0.3 is 0 Å². The van der Waals surface area contributed by atoms with Crippen LogP contribution in [0.15, 0.2) is 30.3 Å².